The van der Waals surface area contributed by atoms with Crippen LogP contribution in [0.3, 0.4) is 0 Å². The van der Waals surface area contributed by atoms with Gasteiger partial charge in [0, 0.05) is 33.4 Å². The number of benzene rings is 3. The summed E-state index contributed by atoms with van der Waals surface area (Å²) >= 11 is 17.9. The Hall–Kier alpha value is -3.58. The lowest BCUT2D eigenvalue weighted by Gasteiger charge is -2.21. The Bertz CT molecular complexity index is 1660. The molecule has 198 valence electrons. The molecule has 1 heterocycles. The molecule has 1 aromatic heterocycles. The number of sulfonamides is 1. The number of rotatable bonds is 9. The summed E-state index contributed by atoms with van der Waals surface area (Å²) in [7, 11) is -3.96. The molecule has 7 nitrogen and oxygen atoms in total. The van der Waals surface area contributed by atoms with Crippen LogP contribution in [-0.4, -0.2) is 18.6 Å². The van der Waals surface area contributed by atoms with Gasteiger partial charge in [0.15, 0.2) is 0 Å². The Labute approximate surface area is 240 Å². The predicted molar refractivity (Wildman–Crippen MR) is 152 cm³/mol. The summed E-state index contributed by atoms with van der Waals surface area (Å²) in [5.41, 5.74) is 0.940. The molecule has 4 rings (SSSR count). The summed E-state index contributed by atoms with van der Waals surface area (Å²) in [5, 5.41) is 13.5. The third-order valence-electron chi connectivity index (χ3n) is 5.47. The molecule has 0 fully saturated rings. The van der Waals surface area contributed by atoms with Crippen molar-refractivity contribution in [3.63, 3.8) is 0 Å². The van der Waals surface area contributed by atoms with Crippen LogP contribution in [0, 0.1) is 11.3 Å². The first-order chi connectivity index (χ1) is 18.6. The summed E-state index contributed by atoms with van der Waals surface area (Å²) in [5.74, 6) is -0.134. The SMILES string of the molecule is N#C/C(=C/c1ccc(CN(Cc2ccc(Cl)cc2)S(=O)(=O)c2ccc(Cl)cc2)o1)C(=O)Nc1cccc(Cl)c1. The van der Waals surface area contributed by atoms with E-state index in [1.54, 1.807) is 60.7 Å². The smallest absolute Gasteiger partial charge is 0.266 e. The number of amides is 1. The zero-order chi connectivity index (χ0) is 28.0. The van der Waals surface area contributed by atoms with Crippen LogP contribution in [0.4, 0.5) is 5.69 Å². The van der Waals surface area contributed by atoms with E-state index in [4.69, 9.17) is 39.2 Å². The molecule has 0 aliphatic heterocycles. The van der Waals surface area contributed by atoms with Crippen LogP contribution in [0.25, 0.3) is 6.08 Å². The number of anilines is 1. The highest BCUT2D eigenvalue weighted by Gasteiger charge is 2.26. The number of nitrogens with zero attached hydrogens (tertiary/aromatic N) is 2. The van der Waals surface area contributed by atoms with Gasteiger partial charge in [-0.1, -0.05) is 53.0 Å². The highest BCUT2D eigenvalue weighted by atomic mass is 35.5. The lowest BCUT2D eigenvalue weighted by atomic mass is 10.2. The average Bonchev–Trinajstić information content (AvgIpc) is 3.35. The molecule has 0 saturated carbocycles. The number of nitrogens with one attached hydrogen (secondary N) is 1. The molecule has 0 bridgehead atoms. The Morgan fingerprint density at radius 2 is 1.56 bits per heavy atom. The largest absolute Gasteiger partial charge is 0.460 e. The molecule has 4 aromatic rings. The topological polar surface area (TPSA) is 103 Å². The summed E-state index contributed by atoms with van der Waals surface area (Å²) in [6, 6.07) is 24.2. The van der Waals surface area contributed by atoms with Crippen molar-refractivity contribution >= 4 is 62.5 Å². The highest BCUT2D eigenvalue weighted by Crippen LogP contribution is 2.25. The van der Waals surface area contributed by atoms with Gasteiger partial charge in [0.1, 0.15) is 23.2 Å². The molecule has 0 aliphatic carbocycles. The molecule has 1 N–H and O–H groups in total. The van der Waals surface area contributed by atoms with Gasteiger partial charge in [-0.3, -0.25) is 4.79 Å². The van der Waals surface area contributed by atoms with Gasteiger partial charge in [-0.15, -0.1) is 0 Å². The van der Waals surface area contributed by atoms with Crippen molar-refractivity contribution in [2.24, 2.45) is 0 Å². The summed E-state index contributed by atoms with van der Waals surface area (Å²) in [6.45, 7) is -0.0719. The number of carbonyl (C=O) groups excluding carboxylic acids is 1. The Morgan fingerprint density at radius 3 is 2.21 bits per heavy atom. The first-order valence-corrected chi connectivity index (χ1v) is 14.0. The molecule has 0 spiro atoms. The Balaban J connectivity index is 1.58. The monoisotopic (exact) mass is 599 g/mol. The van der Waals surface area contributed by atoms with Gasteiger partial charge >= 0.3 is 0 Å². The van der Waals surface area contributed by atoms with Gasteiger partial charge in [0.05, 0.1) is 11.4 Å². The van der Waals surface area contributed by atoms with E-state index in [1.165, 1.54) is 34.6 Å². The first kappa shape index (κ1) is 28.4. The minimum Gasteiger partial charge on any atom is -0.460 e. The second-order valence-corrected chi connectivity index (χ2v) is 11.5. The number of furan rings is 1. The average molecular weight is 601 g/mol. The quantitative estimate of drug-likeness (QED) is 0.162. The Morgan fingerprint density at radius 1 is 0.897 bits per heavy atom. The van der Waals surface area contributed by atoms with Crippen LogP contribution in [0.5, 0.6) is 0 Å². The van der Waals surface area contributed by atoms with Crippen molar-refractivity contribution < 1.29 is 17.6 Å². The van der Waals surface area contributed by atoms with Gasteiger partial charge in [-0.25, -0.2) is 8.42 Å². The summed E-state index contributed by atoms with van der Waals surface area (Å²) in [6.07, 6.45) is 1.28. The van der Waals surface area contributed by atoms with Crippen molar-refractivity contribution in [1.29, 1.82) is 5.26 Å². The number of carbonyl (C=O) groups is 1. The van der Waals surface area contributed by atoms with Crippen molar-refractivity contribution in [1.82, 2.24) is 4.31 Å². The molecule has 1 amide bonds. The molecule has 0 atom stereocenters. The highest BCUT2D eigenvalue weighted by molar-refractivity contribution is 7.89. The normalized spacial score (nSPS) is 11.8. The van der Waals surface area contributed by atoms with E-state index in [0.717, 1.165) is 0 Å². The Kier molecular flexibility index (Phi) is 9.12. The van der Waals surface area contributed by atoms with E-state index < -0.39 is 15.9 Å². The maximum Gasteiger partial charge on any atom is 0.266 e. The van der Waals surface area contributed by atoms with Crippen LogP contribution < -0.4 is 5.32 Å². The molecule has 0 unspecified atom stereocenters. The van der Waals surface area contributed by atoms with E-state index >= 15 is 0 Å². The number of hydrogen-bond donors (Lipinski definition) is 1. The molecule has 11 heteroatoms. The van der Waals surface area contributed by atoms with Gasteiger partial charge in [-0.05, 0) is 72.3 Å². The minimum absolute atomic E-state index is 0.0412. The van der Waals surface area contributed by atoms with Crippen LogP contribution >= 0.6 is 34.8 Å². The molecule has 0 aliphatic rings. The molecular formula is C28H20Cl3N3O4S. The third kappa shape index (κ3) is 7.51. The summed E-state index contributed by atoms with van der Waals surface area (Å²) < 4.78 is 34.1. The fourth-order valence-electron chi connectivity index (χ4n) is 3.56. The molecule has 3 aromatic carbocycles. The van der Waals surface area contributed by atoms with Crippen LogP contribution in [0.15, 0.2) is 99.8 Å². The van der Waals surface area contributed by atoms with E-state index in [1.807, 2.05) is 6.07 Å². The van der Waals surface area contributed by atoms with Crippen molar-refractivity contribution in [3.8, 4) is 6.07 Å². The molecular weight excluding hydrogens is 581 g/mol. The number of nitriles is 1. The van der Waals surface area contributed by atoms with E-state index in [-0.39, 0.29) is 29.3 Å². The number of hydrogen-bond acceptors (Lipinski definition) is 5. The van der Waals surface area contributed by atoms with Crippen LogP contribution in [0.1, 0.15) is 17.1 Å². The van der Waals surface area contributed by atoms with Crippen LogP contribution in [-0.2, 0) is 27.9 Å². The van der Waals surface area contributed by atoms with E-state index in [0.29, 0.717) is 32.1 Å². The van der Waals surface area contributed by atoms with Crippen molar-refractivity contribution in [3.05, 3.63) is 123 Å². The maximum atomic E-state index is 13.5. The van der Waals surface area contributed by atoms with Crippen molar-refractivity contribution in [2.45, 2.75) is 18.0 Å². The van der Waals surface area contributed by atoms with E-state index in [9.17, 15) is 18.5 Å². The standard InChI is InChI=1S/C28H20Cl3N3O4S/c29-21-6-4-19(5-7-21)17-34(39(36,37)27-12-8-22(30)9-13-27)18-26-11-10-25(38-26)14-20(16-32)28(35)33-24-3-1-2-23(31)15-24/h1-15H,17-18H2,(H,33,35)/b20-14-. The zero-order valence-corrected chi connectivity index (χ0v) is 23.2. The fraction of sp³-hybridized carbons (Fsp3) is 0.0714. The maximum absolute atomic E-state index is 13.5. The van der Waals surface area contributed by atoms with Crippen LogP contribution in [0.2, 0.25) is 15.1 Å². The third-order valence-corrected chi connectivity index (χ3v) is 8.02. The fourth-order valence-corrected chi connectivity index (χ4v) is 5.40. The predicted octanol–water partition coefficient (Wildman–Crippen LogP) is 7.18. The summed E-state index contributed by atoms with van der Waals surface area (Å²) in [4.78, 5) is 12.7. The minimum atomic E-state index is -3.96. The molecule has 0 saturated heterocycles. The lowest BCUT2D eigenvalue weighted by Crippen LogP contribution is -2.30. The first-order valence-electron chi connectivity index (χ1n) is 11.4. The van der Waals surface area contributed by atoms with Gasteiger partial charge in [-0.2, -0.15) is 9.57 Å². The second-order valence-electron chi connectivity index (χ2n) is 8.29. The van der Waals surface area contributed by atoms with E-state index in [2.05, 4.69) is 5.32 Å². The van der Waals surface area contributed by atoms with Gasteiger partial charge < -0.3 is 9.73 Å². The molecule has 0 radical (unpaired) electrons. The van der Waals surface area contributed by atoms with Gasteiger partial charge in [0.25, 0.3) is 5.91 Å². The zero-order valence-electron chi connectivity index (χ0n) is 20.1. The lowest BCUT2D eigenvalue weighted by molar-refractivity contribution is -0.112. The molecule has 39 heavy (non-hydrogen) atoms. The van der Waals surface area contributed by atoms with Crippen molar-refractivity contribution in [2.75, 3.05) is 5.32 Å². The van der Waals surface area contributed by atoms with Gasteiger partial charge in [0.2, 0.25) is 10.0 Å². The number of halogens is 3. The second kappa shape index (κ2) is 12.5.